The maximum absolute atomic E-state index is 12.7. The van der Waals surface area contributed by atoms with E-state index in [-0.39, 0.29) is 30.6 Å². The molecule has 6 rings (SSSR count). The van der Waals surface area contributed by atoms with Crippen molar-refractivity contribution in [3.8, 4) is 11.1 Å². The summed E-state index contributed by atoms with van der Waals surface area (Å²) in [7, 11) is 0. The van der Waals surface area contributed by atoms with E-state index in [2.05, 4.69) is 64.1 Å². The summed E-state index contributed by atoms with van der Waals surface area (Å²) in [6.45, 7) is 3.59. The first kappa shape index (κ1) is 40.1. The van der Waals surface area contributed by atoms with Crippen LogP contribution >= 0.6 is 0 Å². The van der Waals surface area contributed by atoms with Crippen LogP contribution < -0.4 is 16.4 Å². The first-order valence-electron chi connectivity index (χ1n) is 20.3. The molecule has 4 aromatic rings. The van der Waals surface area contributed by atoms with Gasteiger partial charge in [-0.3, -0.25) is 9.59 Å². The van der Waals surface area contributed by atoms with Gasteiger partial charge in [0.2, 0.25) is 11.8 Å². The topological polar surface area (TPSA) is 126 Å². The van der Waals surface area contributed by atoms with Crippen molar-refractivity contribution in [2.45, 2.75) is 109 Å². The van der Waals surface area contributed by atoms with Crippen LogP contribution in [-0.2, 0) is 32.2 Å². The minimum absolute atomic E-state index is 0.0203. The molecule has 2 fully saturated rings. The predicted octanol–water partition coefficient (Wildman–Crippen LogP) is 8.84. The number of rotatable bonds is 16. The smallest absolute Gasteiger partial charge is 0.224 e. The summed E-state index contributed by atoms with van der Waals surface area (Å²) >= 11 is 0. The second kappa shape index (κ2) is 20.9. The zero-order valence-electron chi connectivity index (χ0n) is 32.1. The van der Waals surface area contributed by atoms with Crippen molar-refractivity contribution in [1.82, 2.24) is 10.2 Å². The number of hydrogen-bond acceptors (Lipinski definition) is 7. The zero-order valence-corrected chi connectivity index (χ0v) is 32.1. The van der Waals surface area contributed by atoms with Crippen LogP contribution in [0.15, 0.2) is 97.1 Å². The van der Waals surface area contributed by atoms with Gasteiger partial charge in [-0.05, 0) is 90.9 Å². The molecule has 2 aliphatic heterocycles. The summed E-state index contributed by atoms with van der Waals surface area (Å²) in [5, 5.41) is 15.6. The third-order valence-corrected chi connectivity index (χ3v) is 10.7. The number of hydrogen-bond donors (Lipinski definition) is 4. The number of likely N-dealkylation sites (tertiary alicyclic amines) is 1. The number of nitrogen functional groups attached to an aromatic ring is 1. The molecule has 55 heavy (non-hydrogen) atoms. The highest BCUT2D eigenvalue weighted by Crippen LogP contribution is 2.39. The fraction of sp³-hybridized carbons (Fsp3) is 0.435. The molecule has 0 aromatic heterocycles. The highest BCUT2D eigenvalue weighted by molar-refractivity contribution is 5.93. The van der Waals surface area contributed by atoms with Gasteiger partial charge in [-0.15, -0.1) is 0 Å². The van der Waals surface area contributed by atoms with Gasteiger partial charge in [-0.2, -0.15) is 0 Å². The third-order valence-electron chi connectivity index (χ3n) is 10.7. The lowest BCUT2D eigenvalue weighted by Gasteiger charge is -2.39. The van der Waals surface area contributed by atoms with E-state index in [1.54, 1.807) is 12.1 Å². The third kappa shape index (κ3) is 12.5. The maximum atomic E-state index is 12.7. The second-order valence-corrected chi connectivity index (χ2v) is 15.1. The van der Waals surface area contributed by atoms with Crippen LogP contribution in [0, 0.1) is 0 Å². The van der Waals surface area contributed by atoms with Gasteiger partial charge in [-0.25, -0.2) is 0 Å². The minimum Gasteiger partial charge on any atom is -0.397 e. The van der Waals surface area contributed by atoms with Crippen molar-refractivity contribution >= 4 is 23.2 Å². The van der Waals surface area contributed by atoms with E-state index in [1.807, 2.05) is 36.4 Å². The van der Waals surface area contributed by atoms with Crippen molar-refractivity contribution in [3.63, 3.8) is 0 Å². The van der Waals surface area contributed by atoms with Gasteiger partial charge >= 0.3 is 0 Å². The monoisotopic (exact) mass is 746 g/mol. The van der Waals surface area contributed by atoms with Crippen LogP contribution in [0.1, 0.15) is 112 Å². The Hall–Kier alpha value is -4.54. The van der Waals surface area contributed by atoms with Crippen LogP contribution in [-0.4, -0.2) is 47.6 Å². The van der Waals surface area contributed by atoms with Crippen LogP contribution in [0.25, 0.3) is 11.1 Å². The first-order valence-corrected chi connectivity index (χ1v) is 20.3. The predicted molar refractivity (Wildman–Crippen MR) is 219 cm³/mol. The molecule has 2 heterocycles. The molecule has 2 saturated heterocycles. The Morgan fingerprint density at radius 1 is 0.709 bits per heavy atom. The Morgan fingerprint density at radius 3 is 2.15 bits per heavy atom. The van der Waals surface area contributed by atoms with Gasteiger partial charge in [-0.1, -0.05) is 105 Å². The van der Waals surface area contributed by atoms with Crippen LogP contribution in [0.4, 0.5) is 11.4 Å². The highest BCUT2D eigenvalue weighted by atomic mass is 16.7. The fourth-order valence-electron chi connectivity index (χ4n) is 7.58. The molecule has 3 unspecified atom stereocenters. The molecule has 9 nitrogen and oxygen atoms in total. The number of nitrogens with zero attached hydrogens (tertiary/aromatic N) is 1. The molecule has 2 aliphatic rings. The quantitative estimate of drug-likeness (QED) is 0.0667. The largest absolute Gasteiger partial charge is 0.397 e. The molecule has 0 radical (unpaired) electrons. The van der Waals surface area contributed by atoms with Crippen molar-refractivity contribution in [3.05, 3.63) is 119 Å². The van der Waals surface area contributed by atoms with Crippen molar-refractivity contribution in [1.29, 1.82) is 0 Å². The fourth-order valence-corrected chi connectivity index (χ4v) is 7.58. The Bertz CT molecular complexity index is 1810. The Morgan fingerprint density at radius 2 is 1.40 bits per heavy atom. The number of carbonyl (C=O) groups is 2. The Kier molecular flexibility index (Phi) is 15.3. The zero-order chi connectivity index (χ0) is 38.2. The molecule has 292 valence electrons. The standard InChI is InChI=1S/C46H58N4O5/c47-41-18-8-9-19-42(41)49-45(53)21-7-3-2-6-20-44(52)48-31-35-14-12-15-37(28-35)38-16-13-17-39(29-38)46-54-40(32-50-26-10-4-1-5-11-27-50)30-43(55-46)36-24-22-34(33-51)23-25-36/h8-9,12-19,22-25,28-29,40,43,46,51H,1-7,10-11,20-21,26-27,30-33,47H2,(H,48,52)(H,49,53). The molecule has 9 heteroatoms. The first-order chi connectivity index (χ1) is 26.9. The summed E-state index contributed by atoms with van der Waals surface area (Å²) in [5.74, 6) is -0.0138. The van der Waals surface area contributed by atoms with Gasteiger partial charge in [0.25, 0.3) is 0 Å². The van der Waals surface area contributed by atoms with E-state index >= 15 is 0 Å². The number of nitrogens with two attached hydrogens (primary N) is 1. The number of carbonyl (C=O) groups excluding carboxylic acids is 2. The number of nitrogens with one attached hydrogen (secondary N) is 2. The molecule has 4 aromatic carbocycles. The lowest BCUT2D eigenvalue weighted by Crippen LogP contribution is -2.40. The summed E-state index contributed by atoms with van der Waals surface area (Å²) < 4.78 is 13.4. The van der Waals surface area contributed by atoms with E-state index in [0.717, 1.165) is 85.1 Å². The molecule has 3 atom stereocenters. The second-order valence-electron chi connectivity index (χ2n) is 15.1. The van der Waals surface area contributed by atoms with Crippen LogP contribution in [0.2, 0.25) is 0 Å². The van der Waals surface area contributed by atoms with Gasteiger partial charge in [0.15, 0.2) is 6.29 Å². The molecular formula is C46H58N4O5. The van der Waals surface area contributed by atoms with E-state index in [4.69, 9.17) is 15.2 Å². The normalized spacial score (nSPS) is 19.3. The van der Waals surface area contributed by atoms with Crippen molar-refractivity contribution in [2.75, 3.05) is 30.7 Å². The van der Waals surface area contributed by atoms with Crippen LogP contribution in [0.5, 0.6) is 0 Å². The molecular weight excluding hydrogens is 689 g/mol. The van der Waals surface area contributed by atoms with Gasteiger partial charge in [0.1, 0.15) is 0 Å². The number of para-hydroxylation sites is 2. The van der Waals surface area contributed by atoms with Gasteiger partial charge < -0.3 is 35.8 Å². The molecule has 5 N–H and O–H groups in total. The number of unbranched alkanes of at least 4 members (excludes halogenated alkanes) is 3. The lowest BCUT2D eigenvalue weighted by atomic mass is 9.98. The Balaban J connectivity index is 1.01. The average Bonchev–Trinajstić information content (AvgIpc) is 3.20. The molecule has 0 spiro atoms. The molecule has 0 saturated carbocycles. The van der Waals surface area contributed by atoms with E-state index < -0.39 is 6.29 Å². The van der Waals surface area contributed by atoms with Gasteiger partial charge in [0.05, 0.1) is 30.2 Å². The summed E-state index contributed by atoms with van der Waals surface area (Å²) in [5.41, 5.74) is 13.2. The maximum Gasteiger partial charge on any atom is 0.224 e. The summed E-state index contributed by atoms with van der Waals surface area (Å²) in [6.07, 6.45) is 10.8. The number of benzene rings is 4. The summed E-state index contributed by atoms with van der Waals surface area (Å²) in [6, 6.07) is 32.0. The van der Waals surface area contributed by atoms with Gasteiger partial charge in [0, 0.05) is 37.9 Å². The van der Waals surface area contributed by atoms with E-state index in [9.17, 15) is 14.7 Å². The minimum atomic E-state index is -0.510. The number of amides is 2. The average molecular weight is 747 g/mol. The van der Waals surface area contributed by atoms with Crippen molar-refractivity contribution in [2.24, 2.45) is 0 Å². The lowest BCUT2D eigenvalue weighted by molar-refractivity contribution is -0.253. The molecule has 0 aliphatic carbocycles. The SMILES string of the molecule is Nc1ccccc1NC(=O)CCCCCCC(=O)NCc1cccc(-c2cccc(C3OC(CN4CCCCCCC4)CC(c4ccc(CO)cc4)O3)c2)c1. The summed E-state index contributed by atoms with van der Waals surface area (Å²) in [4.78, 5) is 27.5. The molecule has 0 bridgehead atoms. The van der Waals surface area contributed by atoms with Crippen molar-refractivity contribution < 1.29 is 24.2 Å². The number of ether oxygens (including phenoxy) is 2. The van der Waals surface area contributed by atoms with E-state index in [1.165, 1.54) is 32.1 Å². The molecule has 2 amide bonds. The number of anilines is 2. The Labute approximate surface area is 326 Å². The van der Waals surface area contributed by atoms with Crippen LogP contribution in [0.3, 0.4) is 0 Å². The number of aliphatic hydroxyl groups is 1. The van der Waals surface area contributed by atoms with E-state index in [0.29, 0.717) is 30.8 Å². The number of aliphatic hydroxyl groups excluding tert-OH is 1. The highest BCUT2D eigenvalue weighted by Gasteiger charge is 2.33.